The van der Waals surface area contributed by atoms with Gasteiger partial charge in [-0.25, -0.2) is 4.79 Å². The fourth-order valence-corrected chi connectivity index (χ4v) is 3.23. The molecule has 2 rings (SSSR count). The molecular weight excluding hydrogens is 244 g/mol. The Morgan fingerprint density at radius 3 is 2.37 bits per heavy atom. The summed E-state index contributed by atoms with van der Waals surface area (Å²) in [4.78, 5) is 14.2. The van der Waals surface area contributed by atoms with E-state index in [0.717, 1.165) is 25.7 Å². The number of hydrogen-bond acceptors (Lipinski definition) is 4. The summed E-state index contributed by atoms with van der Waals surface area (Å²) in [6.45, 7) is 6.52. The summed E-state index contributed by atoms with van der Waals surface area (Å²) in [5.74, 6) is 0. The van der Waals surface area contributed by atoms with Crippen LogP contribution in [0.25, 0.3) is 0 Å². The molecule has 2 aliphatic heterocycles. The fourth-order valence-electron chi connectivity index (χ4n) is 3.23. The van der Waals surface area contributed by atoms with Crippen molar-refractivity contribution in [2.24, 2.45) is 0 Å². The lowest BCUT2D eigenvalue weighted by atomic mass is 9.98. The number of amides is 1. The van der Waals surface area contributed by atoms with E-state index in [1.807, 2.05) is 25.7 Å². The first-order valence-corrected chi connectivity index (χ1v) is 7.26. The van der Waals surface area contributed by atoms with Gasteiger partial charge in [-0.1, -0.05) is 0 Å². The highest BCUT2D eigenvalue weighted by molar-refractivity contribution is 5.69. The lowest BCUT2D eigenvalue weighted by molar-refractivity contribution is 0.00458. The predicted molar refractivity (Wildman–Crippen MR) is 73.0 cm³/mol. The Labute approximate surface area is 115 Å². The van der Waals surface area contributed by atoms with E-state index in [4.69, 9.17) is 9.84 Å². The minimum absolute atomic E-state index is 0.166. The van der Waals surface area contributed by atoms with E-state index >= 15 is 0 Å². The number of aliphatic hydroxyl groups is 1. The minimum Gasteiger partial charge on any atom is -0.444 e. The zero-order valence-corrected chi connectivity index (χ0v) is 12.2. The molecule has 5 nitrogen and oxygen atoms in total. The Morgan fingerprint density at radius 2 is 1.89 bits per heavy atom. The molecule has 1 amide bonds. The van der Waals surface area contributed by atoms with Gasteiger partial charge in [0.15, 0.2) is 0 Å². The number of nitrogens with one attached hydrogen (secondary N) is 1. The Kier molecular flexibility index (Phi) is 4.36. The molecular formula is C14H26N2O3. The molecule has 2 aliphatic rings. The topological polar surface area (TPSA) is 61.8 Å². The molecule has 110 valence electrons. The van der Waals surface area contributed by atoms with E-state index in [9.17, 15) is 4.79 Å². The van der Waals surface area contributed by atoms with Crippen LogP contribution in [-0.4, -0.2) is 53.0 Å². The molecule has 0 aromatic heterocycles. The van der Waals surface area contributed by atoms with Crippen molar-refractivity contribution in [3.63, 3.8) is 0 Å². The molecule has 2 fully saturated rings. The maximum atomic E-state index is 12.2. The van der Waals surface area contributed by atoms with Gasteiger partial charge in [0.25, 0.3) is 0 Å². The molecule has 0 aromatic carbocycles. The lowest BCUT2D eigenvalue weighted by Crippen LogP contribution is -2.52. The summed E-state index contributed by atoms with van der Waals surface area (Å²) < 4.78 is 5.50. The van der Waals surface area contributed by atoms with E-state index in [1.165, 1.54) is 0 Å². The number of nitrogens with zero attached hydrogens (tertiary/aromatic N) is 1. The van der Waals surface area contributed by atoms with Gasteiger partial charge in [0, 0.05) is 24.7 Å². The number of hydrogen-bond donors (Lipinski definition) is 2. The van der Waals surface area contributed by atoms with Crippen LogP contribution < -0.4 is 5.32 Å². The molecule has 19 heavy (non-hydrogen) atoms. The summed E-state index contributed by atoms with van der Waals surface area (Å²) in [5, 5.41) is 12.2. The SMILES string of the molecule is CC(C)(C)OC(=O)N1C2CCC1CC(NCCO)C2. The summed E-state index contributed by atoms with van der Waals surface area (Å²) in [6.07, 6.45) is 3.91. The number of piperidine rings is 1. The summed E-state index contributed by atoms with van der Waals surface area (Å²) in [6, 6.07) is 1.01. The summed E-state index contributed by atoms with van der Waals surface area (Å²) in [5.41, 5.74) is -0.428. The highest BCUT2D eigenvalue weighted by atomic mass is 16.6. The minimum atomic E-state index is -0.428. The zero-order chi connectivity index (χ0) is 14.0. The number of carbonyl (C=O) groups excluding carboxylic acids is 1. The van der Waals surface area contributed by atoms with Crippen molar-refractivity contribution in [3.05, 3.63) is 0 Å². The molecule has 2 bridgehead atoms. The Hall–Kier alpha value is -0.810. The predicted octanol–water partition coefficient (Wildman–Crippen LogP) is 1.50. The third-order valence-electron chi connectivity index (χ3n) is 3.88. The molecule has 0 spiro atoms. The van der Waals surface area contributed by atoms with Crippen LogP contribution in [0.15, 0.2) is 0 Å². The van der Waals surface area contributed by atoms with Gasteiger partial charge in [0.2, 0.25) is 0 Å². The van der Waals surface area contributed by atoms with Crippen molar-refractivity contribution >= 4 is 6.09 Å². The van der Waals surface area contributed by atoms with E-state index in [-0.39, 0.29) is 12.7 Å². The molecule has 2 heterocycles. The van der Waals surface area contributed by atoms with Crippen molar-refractivity contribution in [1.29, 1.82) is 0 Å². The maximum absolute atomic E-state index is 12.2. The van der Waals surface area contributed by atoms with Crippen molar-refractivity contribution in [2.45, 2.75) is 70.2 Å². The molecule has 0 radical (unpaired) electrons. The van der Waals surface area contributed by atoms with Crippen LogP contribution in [0.2, 0.25) is 0 Å². The maximum Gasteiger partial charge on any atom is 0.410 e. The molecule has 5 heteroatoms. The van der Waals surface area contributed by atoms with Gasteiger partial charge < -0.3 is 20.1 Å². The highest BCUT2D eigenvalue weighted by Gasteiger charge is 2.44. The smallest absolute Gasteiger partial charge is 0.410 e. The molecule has 0 aromatic rings. The second-order valence-corrected chi connectivity index (χ2v) is 6.62. The van der Waals surface area contributed by atoms with Crippen LogP contribution in [0.1, 0.15) is 46.5 Å². The highest BCUT2D eigenvalue weighted by Crippen LogP contribution is 2.36. The third-order valence-corrected chi connectivity index (χ3v) is 3.88. The van der Waals surface area contributed by atoms with Crippen LogP contribution >= 0.6 is 0 Å². The standard InChI is InChI=1S/C14H26N2O3/c1-14(2,3)19-13(18)16-11-4-5-12(16)9-10(8-11)15-6-7-17/h10-12,15,17H,4-9H2,1-3H3. The molecule has 2 atom stereocenters. The number of fused-ring (bicyclic) bond motifs is 2. The number of ether oxygens (including phenoxy) is 1. The van der Waals surface area contributed by atoms with Gasteiger partial charge in [0.1, 0.15) is 5.60 Å². The van der Waals surface area contributed by atoms with Crippen LogP contribution in [0.4, 0.5) is 4.79 Å². The lowest BCUT2D eigenvalue weighted by Gasteiger charge is -2.39. The van der Waals surface area contributed by atoms with Crippen LogP contribution in [-0.2, 0) is 4.74 Å². The Morgan fingerprint density at radius 1 is 1.32 bits per heavy atom. The van der Waals surface area contributed by atoms with E-state index in [2.05, 4.69) is 5.32 Å². The summed E-state index contributed by atoms with van der Waals surface area (Å²) >= 11 is 0. The molecule has 0 aliphatic carbocycles. The second-order valence-electron chi connectivity index (χ2n) is 6.62. The first kappa shape index (κ1) is 14.6. The zero-order valence-electron chi connectivity index (χ0n) is 12.2. The number of aliphatic hydroxyl groups excluding tert-OH is 1. The van der Waals surface area contributed by atoms with Crippen molar-refractivity contribution in [2.75, 3.05) is 13.2 Å². The molecule has 2 N–H and O–H groups in total. The largest absolute Gasteiger partial charge is 0.444 e. The van der Waals surface area contributed by atoms with Gasteiger partial charge in [-0.05, 0) is 46.5 Å². The van der Waals surface area contributed by atoms with Crippen LogP contribution in [0.5, 0.6) is 0 Å². The molecule has 0 saturated carbocycles. The molecule has 2 unspecified atom stereocenters. The van der Waals surface area contributed by atoms with Gasteiger partial charge >= 0.3 is 6.09 Å². The van der Waals surface area contributed by atoms with Gasteiger partial charge in [-0.3, -0.25) is 0 Å². The van der Waals surface area contributed by atoms with Gasteiger partial charge in [0.05, 0.1) is 6.61 Å². The first-order chi connectivity index (χ1) is 8.90. The third kappa shape index (κ3) is 3.60. The van der Waals surface area contributed by atoms with Crippen LogP contribution in [0.3, 0.4) is 0 Å². The van der Waals surface area contributed by atoms with Gasteiger partial charge in [-0.15, -0.1) is 0 Å². The summed E-state index contributed by atoms with van der Waals surface area (Å²) in [7, 11) is 0. The average Bonchev–Trinajstić information content (AvgIpc) is 2.56. The van der Waals surface area contributed by atoms with E-state index in [0.29, 0.717) is 24.7 Å². The normalized spacial score (nSPS) is 30.5. The average molecular weight is 270 g/mol. The quantitative estimate of drug-likeness (QED) is 0.816. The monoisotopic (exact) mass is 270 g/mol. The van der Waals surface area contributed by atoms with E-state index < -0.39 is 5.60 Å². The van der Waals surface area contributed by atoms with Gasteiger partial charge in [-0.2, -0.15) is 0 Å². The molecule has 2 saturated heterocycles. The second kappa shape index (κ2) is 5.67. The van der Waals surface area contributed by atoms with E-state index in [1.54, 1.807) is 0 Å². The van der Waals surface area contributed by atoms with Crippen molar-refractivity contribution < 1.29 is 14.6 Å². The number of rotatable bonds is 3. The fraction of sp³-hybridized carbons (Fsp3) is 0.929. The van der Waals surface area contributed by atoms with Crippen LogP contribution in [0, 0.1) is 0 Å². The van der Waals surface area contributed by atoms with Crippen molar-refractivity contribution in [1.82, 2.24) is 10.2 Å². The number of carbonyl (C=O) groups is 1. The Balaban J connectivity index is 1.93. The van der Waals surface area contributed by atoms with Crippen molar-refractivity contribution in [3.8, 4) is 0 Å². The first-order valence-electron chi connectivity index (χ1n) is 7.26. The Bertz CT molecular complexity index is 313.